The molecule has 2 rings (SSSR count). The highest BCUT2D eigenvalue weighted by molar-refractivity contribution is 4.73. The molecule has 0 aromatic rings. The number of hydrogen-bond acceptors (Lipinski definition) is 4. The Morgan fingerprint density at radius 2 is 0.913 bits per heavy atom. The van der Waals surface area contributed by atoms with Crippen molar-refractivity contribution in [3.8, 4) is 0 Å². The largest absolute Gasteiger partial charge is 0.301 e. The second-order valence-electron chi connectivity index (χ2n) is 7.13. The molecule has 2 fully saturated rings. The molecule has 5 nitrogen and oxygen atoms in total. The van der Waals surface area contributed by atoms with Gasteiger partial charge in [0, 0.05) is 52.4 Å². The molecule has 2 aliphatic rings. The second kappa shape index (κ2) is 11.4. The van der Waals surface area contributed by atoms with Crippen molar-refractivity contribution in [1.82, 2.24) is 24.9 Å². The van der Waals surface area contributed by atoms with Gasteiger partial charge < -0.3 is 9.80 Å². The van der Waals surface area contributed by atoms with Crippen LogP contribution in [0, 0.1) is 0 Å². The highest BCUT2D eigenvalue weighted by Crippen LogP contribution is 2.04. The normalized spacial score (nSPS) is 22.7. The van der Waals surface area contributed by atoms with Crippen molar-refractivity contribution in [1.29, 1.82) is 0 Å². The average molecular weight is 325 g/mol. The van der Waals surface area contributed by atoms with Gasteiger partial charge in [0.15, 0.2) is 0 Å². The number of piperazine rings is 2. The van der Waals surface area contributed by atoms with E-state index in [9.17, 15) is 0 Å². The second-order valence-corrected chi connectivity index (χ2v) is 7.13. The molecule has 0 atom stereocenters. The van der Waals surface area contributed by atoms with Crippen LogP contribution in [0.4, 0.5) is 0 Å². The van der Waals surface area contributed by atoms with E-state index in [4.69, 9.17) is 5.32 Å². The lowest BCUT2D eigenvalue weighted by Crippen LogP contribution is -2.51. The third-order valence-electron chi connectivity index (χ3n) is 5.19. The molecule has 1 radical (unpaired) electrons. The van der Waals surface area contributed by atoms with Crippen molar-refractivity contribution in [3.05, 3.63) is 0 Å². The van der Waals surface area contributed by atoms with E-state index in [1.807, 2.05) is 0 Å². The van der Waals surface area contributed by atoms with E-state index < -0.39 is 0 Å². The van der Waals surface area contributed by atoms with Gasteiger partial charge in [-0.3, -0.25) is 9.80 Å². The summed E-state index contributed by atoms with van der Waals surface area (Å²) in [5.41, 5.74) is 0. The van der Waals surface area contributed by atoms with Crippen LogP contribution in [0.3, 0.4) is 0 Å². The fraction of sp³-hybridized carbons (Fsp3) is 1.00. The zero-order valence-corrected chi connectivity index (χ0v) is 15.5. The molecule has 0 saturated carbocycles. The molecule has 0 aliphatic carbocycles. The molecule has 0 amide bonds. The van der Waals surface area contributed by atoms with Crippen molar-refractivity contribution in [2.24, 2.45) is 0 Å². The molecule has 5 heteroatoms. The van der Waals surface area contributed by atoms with Crippen molar-refractivity contribution in [2.45, 2.75) is 39.5 Å². The number of rotatable bonds is 10. The van der Waals surface area contributed by atoms with Crippen LogP contribution in [0.2, 0.25) is 0 Å². The smallest absolute Gasteiger partial charge is 0.0665 e. The van der Waals surface area contributed by atoms with E-state index in [1.54, 1.807) is 0 Å². The number of unbranched alkanes of at least 4 members (excludes halogenated alkanes) is 2. The summed E-state index contributed by atoms with van der Waals surface area (Å²) in [7, 11) is 0. The molecule has 2 aliphatic heterocycles. The van der Waals surface area contributed by atoms with Gasteiger partial charge in [-0.05, 0) is 25.9 Å². The minimum Gasteiger partial charge on any atom is -0.301 e. The van der Waals surface area contributed by atoms with Gasteiger partial charge in [-0.1, -0.05) is 26.7 Å². The summed E-state index contributed by atoms with van der Waals surface area (Å²) >= 11 is 0. The summed E-state index contributed by atoms with van der Waals surface area (Å²) in [6, 6.07) is 0. The lowest BCUT2D eigenvalue weighted by atomic mass is 10.2. The maximum Gasteiger partial charge on any atom is 0.0665 e. The molecule has 2 saturated heterocycles. The predicted octanol–water partition coefficient (Wildman–Crippen LogP) is 1.34. The van der Waals surface area contributed by atoms with Crippen LogP contribution < -0.4 is 5.32 Å². The lowest BCUT2D eigenvalue weighted by molar-refractivity contribution is 0.0958. The highest BCUT2D eigenvalue weighted by atomic mass is 15.3. The summed E-state index contributed by atoms with van der Waals surface area (Å²) in [4.78, 5) is 10.2. The van der Waals surface area contributed by atoms with Crippen molar-refractivity contribution < 1.29 is 0 Å². The Bertz CT molecular complexity index is 255. The lowest BCUT2D eigenvalue weighted by Gasteiger charge is -2.36. The van der Waals surface area contributed by atoms with E-state index >= 15 is 0 Å². The van der Waals surface area contributed by atoms with E-state index in [0.717, 1.165) is 13.3 Å². The zero-order valence-electron chi connectivity index (χ0n) is 15.5. The molecular weight excluding hydrogens is 286 g/mol. The maximum atomic E-state index is 4.81. The standard InChI is InChI=1S/C18H38N5/c1-3-5-7-20-9-13-22(14-10-20)17-19-18-23-15-11-21(12-16-23)8-6-4-2/h3-18H2,1-2H3. The van der Waals surface area contributed by atoms with Crippen LogP contribution >= 0.6 is 0 Å². The van der Waals surface area contributed by atoms with Gasteiger partial charge in [0.05, 0.1) is 13.3 Å². The molecule has 0 N–H and O–H groups in total. The zero-order chi connectivity index (χ0) is 16.3. The van der Waals surface area contributed by atoms with Crippen molar-refractivity contribution in [2.75, 3.05) is 78.8 Å². The Hall–Kier alpha value is -0.200. The topological polar surface area (TPSA) is 27.1 Å². The van der Waals surface area contributed by atoms with E-state index in [-0.39, 0.29) is 0 Å². The van der Waals surface area contributed by atoms with Crippen LogP contribution in [0.25, 0.3) is 0 Å². The quantitative estimate of drug-likeness (QED) is 0.606. The van der Waals surface area contributed by atoms with Gasteiger partial charge in [0.25, 0.3) is 0 Å². The van der Waals surface area contributed by atoms with Crippen LogP contribution in [-0.2, 0) is 0 Å². The third kappa shape index (κ3) is 7.48. The highest BCUT2D eigenvalue weighted by Gasteiger charge is 2.18. The minimum absolute atomic E-state index is 0.928. The predicted molar refractivity (Wildman–Crippen MR) is 97.7 cm³/mol. The van der Waals surface area contributed by atoms with Gasteiger partial charge in [-0.2, -0.15) is 0 Å². The first-order valence-corrected chi connectivity index (χ1v) is 9.84. The minimum atomic E-state index is 0.928. The summed E-state index contributed by atoms with van der Waals surface area (Å²) in [5, 5.41) is 4.81. The van der Waals surface area contributed by atoms with Crippen molar-refractivity contribution >= 4 is 0 Å². The fourth-order valence-electron chi connectivity index (χ4n) is 3.40. The Labute approximate surface area is 144 Å². The van der Waals surface area contributed by atoms with Crippen LogP contribution in [0.5, 0.6) is 0 Å². The van der Waals surface area contributed by atoms with Gasteiger partial charge in [-0.15, -0.1) is 0 Å². The number of hydrogen-bond donors (Lipinski definition) is 0. The van der Waals surface area contributed by atoms with Crippen LogP contribution in [0.15, 0.2) is 0 Å². The van der Waals surface area contributed by atoms with Crippen LogP contribution in [-0.4, -0.2) is 98.4 Å². The summed E-state index contributed by atoms with van der Waals surface area (Å²) in [5.74, 6) is 0. The Balaban J connectivity index is 1.48. The molecule has 23 heavy (non-hydrogen) atoms. The van der Waals surface area contributed by atoms with Gasteiger partial charge in [0.1, 0.15) is 0 Å². The first-order chi connectivity index (χ1) is 11.3. The average Bonchev–Trinajstić information content (AvgIpc) is 2.60. The SMILES string of the molecule is CCCCN1CCN(C[N]CN2CCN(CCCC)CC2)CC1. The van der Waals surface area contributed by atoms with Gasteiger partial charge in [0.2, 0.25) is 0 Å². The molecular formula is C18H38N5. The maximum absolute atomic E-state index is 4.81. The first kappa shape index (κ1) is 19.1. The van der Waals surface area contributed by atoms with E-state index in [2.05, 4.69) is 33.4 Å². The summed E-state index contributed by atoms with van der Waals surface area (Å²) < 4.78 is 0. The molecule has 2 heterocycles. The van der Waals surface area contributed by atoms with E-state index in [1.165, 1.54) is 91.1 Å². The molecule has 0 unspecified atom stereocenters. The number of nitrogens with zero attached hydrogens (tertiary/aromatic N) is 5. The third-order valence-corrected chi connectivity index (χ3v) is 5.19. The molecule has 0 bridgehead atoms. The molecule has 0 aromatic heterocycles. The van der Waals surface area contributed by atoms with Gasteiger partial charge >= 0.3 is 0 Å². The Morgan fingerprint density at radius 1 is 0.565 bits per heavy atom. The fourth-order valence-corrected chi connectivity index (χ4v) is 3.40. The Kier molecular flexibility index (Phi) is 9.46. The summed E-state index contributed by atoms with van der Waals surface area (Å²) in [6.07, 6.45) is 5.30. The van der Waals surface area contributed by atoms with Gasteiger partial charge in [-0.25, -0.2) is 5.32 Å². The molecule has 135 valence electrons. The molecule has 0 spiro atoms. The summed E-state index contributed by atoms with van der Waals surface area (Å²) in [6.45, 7) is 18.7. The van der Waals surface area contributed by atoms with Crippen LogP contribution in [0.1, 0.15) is 39.5 Å². The first-order valence-electron chi connectivity index (χ1n) is 9.84. The monoisotopic (exact) mass is 324 g/mol. The Morgan fingerprint density at radius 3 is 1.26 bits per heavy atom. The van der Waals surface area contributed by atoms with Crippen molar-refractivity contribution in [3.63, 3.8) is 0 Å². The van der Waals surface area contributed by atoms with E-state index in [0.29, 0.717) is 0 Å². The molecule has 0 aromatic carbocycles.